The van der Waals surface area contributed by atoms with Gasteiger partial charge in [0.1, 0.15) is 18.9 Å². The lowest BCUT2D eigenvalue weighted by molar-refractivity contribution is -0.149. The van der Waals surface area contributed by atoms with Crippen LogP contribution < -0.4 is 0 Å². The average molecular weight is 358 g/mol. The van der Waals surface area contributed by atoms with E-state index in [0.29, 0.717) is 0 Å². The van der Waals surface area contributed by atoms with Gasteiger partial charge in [-0.1, -0.05) is 0 Å². The van der Waals surface area contributed by atoms with Crippen LogP contribution >= 0.6 is 15.9 Å². The first kappa shape index (κ1) is 16.4. The maximum absolute atomic E-state index is 12.9. The summed E-state index contributed by atoms with van der Waals surface area (Å²) < 4.78 is 49.8. The van der Waals surface area contributed by atoms with Gasteiger partial charge in [0.05, 0.1) is 5.56 Å². The average Bonchev–Trinajstić information content (AvgIpc) is 2.24. The van der Waals surface area contributed by atoms with Gasteiger partial charge in [-0.15, -0.1) is 0 Å². The largest absolute Gasteiger partial charge is 0.480 e. The number of rotatable bonds is 4. The van der Waals surface area contributed by atoms with E-state index in [1.54, 1.807) is 0 Å². The molecule has 0 radical (unpaired) electrons. The van der Waals surface area contributed by atoms with E-state index in [1.165, 1.54) is 0 Å². The number of nitrogens with zero attached hydrogens (tertiary/aromatic N) is 1. The highest BCUT2D eigenvalue weighted by Gasteiger charge is 2.34. The zero-order valence-corrected chi connectivity index (χ0v) is 11.3. The second kappa shape index (κ2) is 6.21. The summed E-state index contributed by atoms with van der Waals surface area (Å²) in [6.07, 6.45) is -4.74. The fourth-order valence-corrected chi connectivity index (χ4v) is 1.93. The summed E-state index contributed by atoms with van der Waals surface area (Å²) in [7, 11) is 0. The lowest BCUT2D eigenvalue weighted by atomic mass is 10.2. The van der Waals surface area contributed by atoms with Crippen molar-refractivity contribution in [2.24, 2.45) is 0 Å². The summed E-state index contributed by atoms with van der Waals surface area (Å²) in [4.78, 5) is 22.6. The SMILES string of the molecule is O=C(O)CN(CC(F)(F)F)C(=O)c1ccc(F)cc1Br. The molecule has 1 N–H and O–H groups in total. The first-order chi connectivity index (χ1) is 9.10. The van der Waals surface area contributed by atoms with Gasteiger partial charge in [-0.2, -0.15) is 13.2 Å². The van der Waals surface area contributed by atoms with Gasteiger partial charge in [0.15, 0.2) is 0 Å². The van der Waals surface area contributed by atoms with Crippen LogP contribution in [0, 0.1) is 5.82 Å². The smallest absolute Gasteiger partial charge is 0.406 e. The van der Waals surface area contributed by atoms with Crippen LogP contribution in [0.4, 0.5) is 17.6 Å². The molecule has 0 unspecified atom stereocenters. The van der Waals surface area contributed by atoms with Crippen LogP contribution in [0.1, 0.15) is 10.4 Å². The number of carbonyl (C=O) groups is 2. The summed E-state index contributed by atoms with van der Waals surface area (Å²) in [5.74, 6) is -3.42. The molecule has 1 rings (SSSR count). The summed E-state index contributed by atoms with van der Waals surface area (Å²) in [6, 6.07) is 2.78. The minimum absolute atomic E-state index is 0.0555. The Morgan fingerprint density at radius 3 is 2.35 bits per heavy atom. The van der Waals surface area contributed by atoms with Gasteiger partial charge in [-0.05, 0) is 34.1 Å². The molecular weight excluding hydrogens is 350 g/mol. The van der Waals surface area contributed by atoms with Gasteiger partial charge in [-0.3, -0.25) is 9.59 Å². The molecule has 0 spiro atoms. The molecule has 0 aliphatic rings. The van der Waals surface area contributed by atoms with Crippen molar-refractivity contribution in [1.29, 1.82) is 0 Å². The van der Waals surface area contributed by atoms with Crippen molar-refractivity contribution in [3.63, 3.8) is 0 Å². The lowest BCUT2D eigenvalue weighted by Gasteiger charge is -2.22. The van der Waals surface area contributed by atoms with E-state index < -0.39 is 37.0 Å². The quantitative estimate of drug-likeness (QED) is 0.843. The molecule has 0 saturated carbocycles. The van der Waals surface area contributed by atoms with Crippen LogP contribution in [-0.2, 0) is 4.79 Å². The van der Waals surface area contributed by atoms with Crippen LogP contribution in [0.5, 0.6) is 0 Å². The normalized spacial score (nSPS) is 11.2. The maximum Gasteiger partial charge on any atom is 0.406 e. The van der Waals surface area contributed by atoms with Crippen molar-refractivity contribution in [3.8, 4) is 0 Å². The summed E-state index contributed by atoms with van der Waals surface area (Å²) >= 11 is 2.85. The Kier molecular flexibility index (Phi) is 5.09. The number of halogens is 5. The molecule has 1 aromatic rings. The maximum atomic E-state index is 12.9. The Labute approximate surface area is 119 Å². The summed E-state index contributed by atoms with van der Waals surface area (Å²) in [6.45, 7) is -2.82. The number of carboxylic acids is 1. The van der Waals surface area contributed by atoms with Crippen molar-refractivity contribution in [2.45, 2.75) is 6.18 Å². The van der Waals surface area contributed by atoms with Crippen molar-refractivity contribution < 1.29 is 32.3 Å². The molecule has 4 nitrogen and oxygen atoms in total. The molecule has 0 bridgehead atoms. The zero-order valence-electron chi connectivity index (χ0n) is 9.75. The molecule has 20 heavy (non-hydrogen) atoms. The Hall–Kier alpha value is -1.64. The third-order valence-electron chi connectivity index (χ3n) is 2.15. The fourth-order valence-electron chi connectivity index (χ4n) is 1.41. The van der Waals surface area contributed by atoms with Crippen LogP contribution in [0.3, 0.4) is 0 Å². The first-order valence-corrected chi connectivity index (χ1v) is 5.92. The van der Waals surface area contributed by atoms with E-state index in [-0.39, 0.29) is 14.9 Å². The molecule has 0 atom stereocenters. The summed E-state index contributed by atoms with van der Waals surface area (Å²) in [5.41, 5.74) is -0.253. The van der Waals surface area contributed by atoms with E-state index in [0.717, 1.165) is 18.2 Å². The minimum atomic E-state index is -4.74. The van der Waals surface area contributed by atoms with Crippen molar-refractivity contribution in [3.05, 3.63) is 34.1 Å². The Balaban J connectivity index is 3.06. The lowest BCUT2D eigenvalue weighted by Crippen LogP contribution is -2.42. The Morgan fingerprint density at radius 2 is 1.90 bits per heavy atom. The van der Waals surface area contributed by atoms with Crippen LogP contribution in [0.25, 0.3) is 0 Å². The number of alkyl halides is 3. The van der Waals surface area contributed by atoms with Crippen molar-refractivity contribution in [1.82, 2.24) is 4.90 Å². The molecule has 0 saturated heterocycles. The highest BCUT2D eigenvalue weighted by Crippen LogP contribution is 2.22. The monoisotopic (exact) mass is 357 g/mol. The fraction of sp³-hybridized carbons (Fsp3) is 0.273. The predicted octanol–water partition coefficient (Wildman–Crippen LogP) is 2.68. The number of amides is 1. The second-order valence-corrected chi connectivity index (χ2v) is 4.65. The van der Waals surface area contributed by atoms with Gasteiger partial charge < -0.3 is 10.0 Å². The van der Waals surface area contributed by atoms with Crippen molar-refractivity contribution in [2.75, 3.05) is 13.1 Å². The number of carboxylic acid groups (broad SMARTS) is 1. The molecule has 0 aromatic heterocycles. The molecule has 110 valence electrons. The zero-order chi connectivity index (χ0) is 15.5. The molecule has 0 heterocycles. The number of hydrogen-bond donors (Lipinski definition) is 1. The number of benzene rings is 1. The molecule has 1 aromatic carbocycles. The van der Waals surface area contributed by atoms with E-state index >= 15 is 0 Å². The third-order valence-corrected chi connectivity index (χ3v) is 2.80. The molecular formula is C11H8BrF4NO3. The number of carbonyl (C=O) groups excluding carboxylic acids is 1. The molecule has 0 aliphatic heterocycles. The van der Waals surface area contributed by atoms with Crippen molar-refractivity contribution >= 4 is 27.8 Å². The molecule has 1 amide bonds. The molecule has 9 heteroatoms. The summed E-state index contributed by atoms with van der Waals surface area (Å²) in [5, 5.41) is 8.56. The highest BCUT2D eigenvalue weighted by atomic mass is 79.9. The Morgan fingerprint density at radius 1 is 1.30 bits per heavy atom. The number of aliphatic carboxylic acids is 1. The van der Waals surface area contributed by atoms with Crippen LogP contribution in [0.15, 0.2) is 22.7 Å². The minimum Gasteiger partial charge on any atom is -0.480 e. The third kappa shape index (κ3) is 4.80. The van der Waals surface area contributed by atoms with E-state index in [2.05, 4.69) is 15.9 Å². The highest BCUT2D eigenvalue weighted by molar-refractivity contribution is 9.10. The van der Waals surface area contributed by atoms with Gasteiger partial charge >= 0.3 is 12.1 Å². The van der Waals surface area contributed by atoms with Gasteiger partial charge in [0.25, 0.3) is 5.91 Å². The second-order valence-electron chi connectivity index (χ2n) is 3.79. The van der Waals surface area contributed by atoms with Gasteiger partial charge in [0, 0.05) is 4.47 Å². The van der Waals surface area contributed by atoms with Gasteiger partial charge in [-0.25, -0.2) is 4.39 Å². The first-order valence-electron chi connectivity index (χ1n) is 5.13. The number of hydrogen-bond acceptors (Lipinski definition) is 2. The standard InChI is InChI=1S/C11H8BrF4NO3/c12-8-3-6(13)1-2-7(8)10(20)17(4-9(18)19)5-11(14,15)16/h1-3H,4-5H2,(H,18,19). The van der Waals surface area contributed by atoms with E-state index in [9.17, 15) is 27.2 Å². The van der Waals surface area contributed by atoms with Gasteiger partial charge in [0.2, 0.25) is 0 Å². The van der Waals surface area contributed by atoms with E-state index in [4.69, 9.17) is 5.11 Å². The topological polar surface area (TPSA) is 57.6 Å². The van der Waals surface area contributed by atoms with Crippen LogP contribution in [-0.4, -0.2) is 41.1 Å². The van der Waals surface area contributed by atoms with E-state index in [1.807, 2.05) is 0 Å². The molecule has 0 aliphatic carbocycles. The van der Waals surface area contributed by atoms with Crippen LogP contribution in [0.2, 0.25) is 0 Å². The Bertz CT molecular complexity index is 533. The molecule has 0 fully saturated rings. The predicted molar refractivity (Wildman–Crippen MR) is 63.7 cm³/mol.